The van der Waals surface area contributed by atoms with Crippen molar-refractivity contribution < 1.29 is 41.3 Å². The van der Waals surface area contributed by atoms with Gasteiger partial charge in [0, 0.05) is 24.4 Å². The average Bonchev–Trinajstić information content (AvgIpc) is 3.99. The third kappa shape index (κ3) is 9.70. The molecule has 0 radical (unpaired) electrons. The van der Waals surface area contributed by atoms with Crippen molar-refractivity contribution in [1.29, 1.82) is 0 Å². The second-order valence-corrected chi connectivity index (χ2v) is 18.9. The predicted molar refractivity (Wildman–Crippen MR) is 207 cm³/mol. The first-order chi connectivity index (χ1) is 26.0. The van der Waals surface area contributed by atoms with Crippen LogP contribution in [-0.2, 0) is 38.4 Å². The summed E-state index contributed by atoms with van der Waals surface area (Å²) in [5, 5.41) is 1.76. The second-order valence-electron chi connectivity index (χ2n) is 17.6. The minimum atomic E-state index is -4.41. The number of fused-ring (bicyclic) bond motifs is 1. The smallest absolute Gasteiger partial charge is 0.362 e. The van der Waals surface area contributed by atoms with Crippen molar-refractivity contribution in [1.82, 2.24) is 14.6 Å². The normalized spacial score (nSPS) is 25.6. The SMILES string of the molecule is CCCC1(OS(=O)(=O)NC(=O)[C@@]2(CC(=O)[C@@H]3C[C@@H](Oc4nccc5cc(C)ccc45)CN3C(=O)[C@@H](CC(=O)OC(C)(C)C)C3CCCCC3)C[C@H]2CC)CC1. The lowest BCUT2D eigenvalue weighted by molar-refractivity contribution is -0.160. The van der Waals surface area contributed by atoms with E-state index in [2.05, 4.69) is 9.71 Å². The van der Waals surface area contributed by atoms with Crippen molar-refractivity contribution in [2.45, 2.75) is 155 Å². The Labute approximate surface area is 326 Å². The Morgan fingerprint density at radius 1 is 1.05 bits per heavy atom. The maximum atomic E-state index is 14.8. The molecule has 0 unspecified atom stereocenters. The summed E-state index contributed by atoms with van der Waals surface area (Å²) in [7, 11) is -4.41. The van der Waals surface area contributed by atoms with Crippen molar-refractivity contribution in [3.8, 4) is 5.88 Å². The summed E-state index contributed by atoms with van der Waals surface area (Å²) in [6.07, 6.45) is 8.90. The van der Waals surface area contributed by atoms with Gasteiger partial charge in [-0.1, -0.05) is 63.6 Å². The molecule has 1 aromatic heterocycles. The fraction of sp³-hybridized carbons (Fsp3) is 0.690. The number of aromatic nitrogens is 1. The van der Waals surface area contributed by atoms with Gasteiger partial charge in [-0.25, -0.2) is 13.9 Å². The Bertz CT molecular complexity index is 1880. The van der Waals surface area contributed by atoms with E-state index < -0.39 is 56.9 Å². The fourth-order valence-electron chi connectivity index (χ4n) is 9.08. The molecule has 2 heterocycles. The molecule has 5 atom stereocenters. The van der Waals surface area contributed by atoms with Crippen molar-refractivity contribution in [3.05, 3.63) is 36.0 Å². The second kappa shape index (κ2) is 16.1. The topological polar surface area (TPSA) is 158 Å². The summed E-state index contributed by atoms with van der Waals surface area (Å²) < 4.78 is 46.1. The van der Waals surface area contributed by atoms with E-state index in [-0.39, 0.29) is 49.3 Å². The Morgan fingerprint density at radius 2 is 1.78 bits per heavy atom. The molecule has 3 aliphatic carbocycles. The van der Waals surface area contributed by atoms with E-state index in [1.165, 1.54) is 0 Å². The zero-order chi connectivity index (χ0) is 39.8. The number of rotatable bonds is 16. The molecule has 55 heavy (non-hydrogen) atoms. The van der Waals surface area contributed by atoms with Gasteiger partial charge in [-0.3, -0.25) is 19.2 Å². The van der Waals surface area contributed by atoms with Gasteiger partial charge in [0.05, 0.1) is 35.9 Å². The van der Waals surface area contributed by atoms with E-state index >= 15 is 0 Å². The van der Waals surface area contributed by atoms with Gasteiger partial charge in [0.15, 0.2) is 5.78 Å². The van der Waals surface area contributed by atoms with Crippen LogP contribution in [0.25, 0.3) is 10.8 Å². The number of esters is 1. The van der Waals surface area contributed by atoms with Crippen LogP contribution in [0, 0.1) is 30.1 Å². The fourth-order valence-corrected chi connectivity index (χ4v) is 10.3. The van der Waals surface area contributed by atoms with Crippen LogP contribution < -0.4 is 9.46 Å². The Hall–Kier alpha value is -3.58. The zero-order valence-electron chi connectivity index (χ0n) is 33.4. The van der Waals surface area contributed by atoms with E-state index in [9.17, 15) is 27.6 Å². The molecule has 1 aromatic carbocycles. The molecule has 1 saturated heterocycles. The van der Waals surface area contributed by atoms with Gasteiger partial charge in [-0.05, 0) is 95.6 Å². The van der Waals surface area contributed by atoms with Crippen molar-refractivity contribution >= 4 is 44.6 Å². The van der Waals surface area contributed by atoms with Crippen LogP contribution in [0.2, 0.25) is 0 Å². The number of aryl methyl sites for hydroxylation is 1. The number of amides is 2. The summed E-state index contributed by atoms with van der Waals surface area (Å²) >= 11 is 0. The molecule has 2 amide bonds. The number of carbonyl (C=O) groups is 4. The van der Waals surface area contributed by atoms with Crippen LogP contribution in [0.3, 0.4) is 0 Å². The number of hydrogen-bond donors (Lipinski definition) is 1. The van der Waals surface area contributed by atoms with Gasteiger partial charge in [-0.2, -0.15) is 8.42 Å². The molecular weight excluding hydrogens is 723 g/mol. The van der Waals surface area contributed by atoms with Gasteiger partial charge in [0.2, 0.25) is 17.7 Å². The monoisotopic (exact) mass is 781 g/mol. The van der Waals surface area contributed by atoms with E-state index in [4.69, 9.17) is 13.7 Å². The molecule has 302 valence electrons. The number of Topliss-reactive ketones (excluding diaryl/α,β-unsaturated/α-hetero) is 1. The largest absolute Gasteiger partial charge is 0.472 e. The van der Waals surface area contributed by atoms with Crippen LogP contribution in [0.1, 0.15) is 130 Å². The van der Waals surface area contributed by atoms with E-state index in [0.29, 0.717) is 38.0 Å². The zero-order valence-corrected chi connectivity index (χ0v) is 34.2. The number of ketones is 1. The lowest BCUT2D eigenvalue weighted by atomic mass is 9.77. The Morgan fingerprint density at radius 3 is 2.42 bits per heavy atom. The van der Waals surface area contributed by atoms with Gasteiger partial charge in [0.1, 0.15) is 11.7 Å². The molecule has 0 spiro atoms. The van der Waals surface area contributed by atoms with Crippen LogP contribution in [0.15, 0.2) is 30.5 Å². The highest BCUT2D eigenvalue weighted by Crippen LogP contribution is 2.58. The summed E-state index contributed by atoms with van der Waals surface area (Å²) in [6.45, 7) is 11.3. The van der Waals surface area contributed by atoms with E-state index in [1.54, 1.807) is 31.9 Å². The van der Waals surface area contributed by atoms with E-state index in [1.807, 2.05) is 45.0 Å². The lowest BCUT2D eigenvalue weighted by Crippen LogP contribution is -2.48. The number of benzene rings is 1. The minimum Gasteiger partial charge on any atom is -0.472 e. The van der Waals surface area contributed by atoms with Gasteiger partial charge in [0.25, 0.3) is 0 Å². The average molecular weight is 782 g/mol. The van der Waals surface area contributed by atoms with E-state index in [0.717, 1.165) is 54.9 Å². The molecule has 4 fully saturated rings. The highest BCUT2D eigenvalue weighted by Gasteiger charge is 2.62. The number of nitrogens with one attached hydrogen (secondary N) is 1. The number of carbonyl (C=O) groups excluding carboxylic acids is 4. The summed E-state index contributed by atoms with van der Waals surface area (Å²) in [5.41, 5.74) is -1.66. The number of likely N-dealkylation sites (tertiary alicyclic amines) is 1. The first-order valence-corrected chi connectivity index (χ1v) is 21.7. The van der Waals surface area contributed by atoms with Gasteiger partial charge in [-0.15, -0.1) is 0 Å². The third-order valence-electron chi connectivity index (χ3n) is 12.1. The van der Waals surface area contributed by atoms with Crippen LogP contribution in [-0.4, -0.2) is 71.8 Å². The molecule has 6 rings (SSSR count). The summed E-state index contributed by atoms with van der Waals surface area (Å²) in [4.78, 5) is 62.7. The first-order valence-electron chi connectivity index (χ1n) is 20.3. The van der Waals surface area contributed by atoms with Gasteiger partial charge >= 0.3 is 16.3 Å². The van der Waals surface area contributed by atoms with Crippen LogP contribution in [0.4, 0.5) is 0 Å². The Kier molecular flexibility index (Phi) is 12.0. The molecule has 4 aliphatic rings. The van der Waals surface area contributed by atoms with Crippen molar-refractivity contribution in [2.75, 3.05) is 6.54 Å². The molecule has 13 heteroatoms. The van der Waals surface area contributed by atoms with Gasteiger partial charge < -0.3 is 14.4 Å². The lowest BCUT2D eigenvalue weighted by Gasteiger charge is -2.34. The maximum absolute atomic E-state index is 14.8. The quantitative estimate of drug-likeness (QED) is 0.178. The molecule has 1 aliphatic heterocycles. The molecule has 3 saturated carbocycles. The van der Waals surface area contributed by atoms with Crippen molar-refractivity contribution in [2.24, 2.45) is 23.2 Å². The van der Waals surface area contributed by atoms with Crippen molar-refractivity contribution in [3.63, 3.8) is 0 Å². The highest BCUT2D eigenvalue weighted by atomic mass is 32.2. The number of ether oxygens (including phenoxy) is 2. The predicted octanol–water partition coefficient (Wildman–Crippen LogP) is 6.91. The molecule has 12 nitrogen and oxygen atoms in total. The highest BCUT2D eigenvalue weighted by molar-refractivity contribution is 7.85. The maximum Gasteiger partial charge on any atom is 0.362 e. The third-order valence-corrected chi connectivity index (χ3v) is 13.1. The summed E-state index contributed by atoms with van der Waals surface area (Å²) in [5.74, 6) is -2.40. The van der Waals surface area contributed by atoms with Crippen LogP contribution >= 0.6 is 0 Å². The first kappa shape index (κ1) is 41.1. The number of hydrogen-bond acceptors (Lipinski definition) is 10. The Balaban J connectivity index is 1.27. The number of pyridine rings is 1. The summed E-state index contributed by atoms with van der Waals surface area (Å²) in [6, 6.07) is 6.91. The molecule has 1 N–H and O–H groups in total. The molecular formula is C42H59N3O9S. The van der Waals surface area contributed by atoms with Crippen LogP contribution in [0.5, 0.6) is 5.88 Å². The molecule has 0 bridgehead atoms. The minimum absolute atomic E-state index is 0.0508. The number of nitrogens with zero attached hydrogens (tertiary/aromatic N) is 2. The molecule has 2 aromatic rings. The standard InChI is InChI=1S/C42H59N3O9S/c1-7-17-41(18-19-41)54-55(50,51)44-39(49)42(24-30(42)8-2)25-35(46)34-22-31(52-37-32-15-14-27(3)21-29(32)16-20-43-37)26-45(34)38(48)33(28-12-10-9-11-13-28)23-36(47)53-40(4,5)6/h14-16,20-21,28,30-31,33-34H,7-13,17-19,22-26H2,1-6H3,(H,44,49)/t30-,31-,33+,34+,42-/m1/s1.